The molecule has 1 amide bonds. The summed E-state index contributed by atoms with van der Waals surface area (Å²) in [7, 11) is -3.19. The van der Waals surface area contributed by atoms with Gasteiger partial charge in [-0.25, -0.2) is 8.42 Å². The number of amides is 1. The third-order valence-electron chi connectivity index (χ3n) is 3.12. The van der Waals surface area contributed by atoms with Gasteiger partial charge in [0, 0.05) is 31.6 Å². The molecule has 0 unspecified atom stereocenters. The van der Waals surface area contributed by atoms with Crippen molar-refractivity contribution < 1.29 is 13.2 Å². The van der Waals surface area contributed by atoms with Crippen LogP contribution in [0.25, 0.3) is 0 Å². The van der Waals surface area contributed by atoms with Gasteiger partial charge in [-0.15, -0.1) is 0 Å². The van der Waals surface area contributed by atoms with Crippen LogP contribution in [0.1, 0.15) is 34.6 Å². The van der Waals surface area contributed by atoms with Gasteiger partial charge in [0.15, 0.2) is 0 Å². The van der Waals surface area contributed by atoms with E-state index in [1.165, 1.54) is 4.31 Å². The van der Waals surface area contributed by atoms with Crippen molar-refractivity contribution in [3.63, 3.8) is 0 Å². The third-order valence-corrected chi connectivity index (χ3v) is 5.40. The van der Waals surface area contributed by atoms with Crippen LogP contribution in [0.4, 0.5) is 0 Å². The second kappa shape index (κ2) is 5.17. The average molecular weight is 276 g/mol. The Balaban J connectivity index is 2.65. The summed E-state index contributed by atoms with van der Waals surface area (Å²) in [6.45, 7) is 10.8. The van der Waals surface area contributed by atoms with Crippen LogP contribution in [0.5, 0.6) is 0 Å². The molecule has 5 nitrogen and oxygen atoms in total. The van der Waals surface area contributed by atoms with Crippen LogP contribution in [0.3, 0.4) is 0 Å². The third kappa shape index (κ3) is 3.23. The monoisotopic (exact) mass is 276 g/mol. The molecule has 0 N–H and O–H groups in total. The number of carbonyl (C=O) groups excluding carboxylic acids is 1. The van der Waals surface area contributed by atoms with Crippen molar-refractivity contribution in [3.05, 3.63) is 0 Å². The molecule has 0 saturated carbocycles. The molecule has 0 spiro atoms. The molecule has 0 aliphatic carbocycles. The van der Waals surface area contributed by atoms with Gasteiger partial charge in [0.2, 0.25) is 15.9 Å². The summed E-state index contributed by atoms with van der Waals surface area (Å²) in [6.07, 6.45) is 0. The molecule has 1 rings (SSSR count). The maximum absolute atomic E-state index is 12.1. The Morgan fingerprint density at radius 3 is 1.83 bits per heavy atom. The molecule has 18 heavy (non-hydrogen) atoms. The molecule has 6 heteroatoms. The van der Waals surface area contributed by atoms with Gasteiger partial charge in [-0.2, -0.15) is 4.31 Å². The number of piperazine rings is 1. The van der Waals surface area contributed by atoms with Gasteiger partial charge in [0.25, 0.3) is 0 Å². The lowest BCUT2D eigenvalue weighted by molar-refractivity contribution is -0.140. The van der Waals surface area contributed by atoms with Gasteiger partial charge < -0.3 is 4.90 Å². The SMILES string of the molecule is CC(C)S(=O)(=O)N1CCN(C(=O)C(C)(C)C)CC1. The van der Waals surface area contributed by atoms with E-state index in [0.717, 1.165) is 0 Å². The molecule has 0 radical (unpaired) electrons. The summed E-state index contributed by atoms with van der Waals surface area (Å²) in [4.78, 5) is 13.8. The van der Waals surface area contributed by atoms with E-state index in [1.807, 2.05) is 20.8 Å². The lowest BCUT2D eigenvalue weighted by Crippen LogP contribution is -2.54. The normalized spacial score (nSPS) is 19.3. The Morgan fingerprint density at radius 2 is 1.50 bits per heavy atom. The zero-order valence-electron chi connectivity index (χ0n) is 11.9. The van der Waals surface area contributed by atoms with Crippen molar-refractivity contribution in [2.24, 2.45) is 5.41 Å². The Labute approximate surface area is 110 Å². The molecule has 0 bridgehead atoms. The molecule has 0 atom stereocenters. The number of hydrogen-bond acceptors (Lipinski definition) is 3. The van der Waals surface area contributed by atoms with Crippen LogP contribution >= 0.6 is 0 Å². The largest absolute Gasteiger partial charge is 0.340 e. The van der Waals surface area contributed by atoms with Gasteiger partial charge in [-0.1, -0.05) is 20.8 Å². The highest BCUT2D eigenvalue weighted by Crippen LogP contribution is 2.20. The van der Waals surface area contributed by atoms with Crippen LogP contribution in [0.2, 0.25) is 0 Å². The molecule has 0 aromatic heterocycles. The van der Waals surface area contributed by atoms with E-state index in [1.54, 1.807) is 18.7 Å². The summed E-state index contributed by atoms with van der Waals surface area (Å²) < 4.78 is 25.5. The average Bonchev–Trinajstić information content (AvgIpc) is 2.26. The van der Waals surface area contributed by atoms with E-state index in [9.17, 15) is 13.2 Å². The zero-order valence-corrected chi connectivity index (χ0v) is 12.7. The molecule has 1 aliphatic heterocycles. The van der Waals surface area contributed by atoms with Gasteiger partial charge in [-0.3, -0.25) is 4.79 Å². The lowest BCUT2D eigenvalue weighted by Gasteiger charge is -2.37. The second-order valence-corrected chi connectivity index (χ2v) is 8.52. The Morgan fingerprint density at radius 1 is 1.06 bits per heavy atom. The number of hydrogen-bond donors (Lipinski definition) is 0. The first kappa shape index (κ1) is 15.4. The van der Waals surface area contributed by atoms with E-state index < -0.39 is 20.7 Å². The maximum atomic E-state index is 12.1. The van der Waals surface area contributed by atoms with Crippen molar-refractivity contribution in [2.45, 2.75) is 39.9 Å². The summed E-state index contributed by atoms with van der Waals surface area (Å²) in [5.41, 5.74) is -0.404. The first-order valence-electron chi connectivity index (χ1n) is 6.35. The highest BCUT2D eigenvalue weighted by molar-refractivity contribution is 7.89. The Kier molecular flexibility index (Phi) is 4.43. The number of rotatable bonds is 2. The minimum absolute atomic E-state index is 0.0871. The first-order chi connectivity index (χ1) is 8.06. The van der Waals surface area contributed by atoms with Gasteiger partial charge in [0.05, 0.1) is 5.25 Å². The molecule has 106 valence electrons. The molecule has 1 fully saturated rings. The zero-order chi connectivity index (χ0) is 14.1. The molecule has 1 aliphatic rings. The molecule has 0 aromatic carbocycles. The van der Waals surface area contributed by atoms with Gasteiger partial charge in [0.1, 0.15) is 0 Å². The molecular formula is C12H24N2O3S. The summed E-state index contributed by atoms with van der Waals surface area (Å²) >= 11 is 0. The highest BCUT2D eigenvalue weighted by Gasteiger charge is 2.33. The van der Waals surface area contributed by atoms with Crippen molar-refractivity contribution in [3.8, 4) is 0 Å². The van der Waals surface area contributed by atoms with Crippen molar-refractivity contribution in [1.82, 2.24) is 9.21 Å². The fourth-order valence-electron chi connectivity index (χ4n) is 1.92. The van der Waals surface area contributed by atoms with Gasteiger partial charge in [-0.05, 0) is 13.8 Å². The van der Waals surface area contributed by atoms with E-state index in [0.29, 0.717) is 26.2 Å². The van der Waals surface area contributed by atoms with Crippen LogP contribution in [0.15, 0.2) is 0 Å². The van der Waals surface area contributed by atoms with E-state index in [2.05, 4.69) is 0 Å². The first-order valence-corrected chi connectivity index (χ1v) is 7.85. The van der Waals surface area contributed by atoms with Gasteiger partial charge >= 0.3 is 0 Å². The number of carbonyl (C=O) groups is 1. The molecule has 1 heterocycles. The van der Waals surface area contributed by atoms with Crippen molar-refractivity contribution in [2.75, 3.05) is 26.2 Å². The lowest BCUT2D eigenvalue weighted by atomic mass is 9.94. The van der Waals surface area contributed by atoms with Crippen molar-refractivity contribution in [1.29, 1.82) is 0 Å². The fraction of sp³-hybridized carbons (Fsp3) is 0.917. The van der Waals surface area contributed by atoms with Crippen LogP contribution < -0.4 is 0 Å². The minimum Gasteiger partial charge on any atom is -0.340 e. The predicted octanol–water partition coefficient (Wildman–Crippen LogP) is 0.915. The standard InChI is InChI=1S/C12H24N2O3S/c1-10(2)18(16,17)14-8-6-13(7-9-14)11(15)12(3,4)5/h10H,6-9H2,1-5H3. The van der Waals surface area contributed by atoms with Crippen LogP contribution in [0, 0.1) is 5.41 Å². The van der Waals surface area contributed by atoms with Crippen LogP contribution in [-0.4, -0.2) is 55.0 Å². The maximum Gasteiger partial charge on any atom is 0.228 e. The molecule has 0 aromatic rings. The topological polar surface area (TPSA) is 57.7 Å². The Bertz CT molecular complexity index is 402. The Hall–Kier alpha value is -0.620. The highest BCUT2D eigenvalue weighted by atomic mass is 32.2. The summed E-state index contributed by atoms with van der Waals surface area (Å²) in [5.74, 6) is 0.0871. The van der Waals surface area contributed by atoms with Crippen LogP contribution in [-0.2, 0) is 14.8 Å². The summed E-state index contributed by atoms with van der Waals surface area (Å²) in [5, 5.41) is -0.401. The van der Waals surface area contributed by atoms with Crippen molar-refractivity contribution >= 4 is 15.9 Å². The second-order valence-electron chi connectivity index (χ2n) is 6.03. The fourth-order valence-corrected chi connectivity index (χ4v) is 3.19. The van der Waals surface area contributed by atoms with E-state index >= 15 is 0 Å². The van der Waals surface area contributed by atoms with E-state index in [4.69, 9.17) is 0 Å². The summed E-state index contributed by atoms with van der Waals surface area (Å²) in [6, 6.07) is 0. The smallest absolute Gasteiger partial charge is 0.228 e. The minimum atomic E-state index is -3.19. The quantitative estimate of drug-likeness (QED) is 0.753. The predicted molar refractivity (Wildman–Crippen MR) is 71.7 cm³/mol. The van der Waals surface area contributed by atoms with E-state index in [-0.39, 0.29) is 5.91 Å². The number of nitrogens with zero attached hydrogens (tertiary/aromatic N) is 2. The molecule has 1 saturated heterocycles. The number of sulfonamides is 1. The molecular weight excluding hydrogens is 252 g/mol.